The Morgan fingerprint density at radius 2 is 1.79 bits per heavy atom. The van der Waals surface area contributed by atoms with E-state index < -0.39 is 10.0 Å². The van der Waals surface area contributed by atoms with E-state index in [4.69, 9.17) is 14.0 Å². The molecule has 0 atom stereocenters. The van der Waals surface area contributed by atoms with Crippen molar-refractivity contribution in [3.63, 3.8) is 0 Å². The van der Waals surface area contributed by atoms with Crippen molar-refractivity contribution in [3.8, 4) is 17.1 Å². The second kappa shape index (κ2) is 8.32. The van der Waals surface area contributed by atoms with Gasteiger partial charge in [0.05, 0.1) is 18.1 Å². The Morgan fingerprint density at radius 1 is 1.07 bits per heavy atom. The highest BCUT2D eigenvalue weighted by Crippen LogP contribution is 2.22. The number of nitrogens with zero attached hydrogens (tertiary/aromatic N) is 3. The summed E-state index contributed by atoms with van der Waals surface area (Å²) in [7, 11) is -3.52. The fourth-order valence-corrected chi connectivity index (χ4v) is 4.44. The number of hydrogen-bond acceptors (Lipinski definition) is 7. The number of morpholine rings is 1. The molecule has 0 unspecified atom stereocenters. The van der Waals surface area contributed by atoms with Crippen LogP contribution in [0.3, 0.4) is 0 Å². The number of sulfonamides is 1. The van der Waals surface area contributed by atoms with E-state index in [0.717, 1.165) is 11.1 Å². The molecule has 0 bridgehead atoms. The van der Waals surface area contributed by atoms with Gasteiger partial charge in [-0.25, -0.2) is 8.42 Å². The van der Waals surface area contributed by atoms with Gasteiger partial charge in [-0.2, -0.15) is 9.29 Å². The predicted octanol–water partition coefficient (Wildman–Crippen LogP) is 2.64. The van der Waals surface area contributed by atoms with Crippen LogP contribution in [-0.2, 0) is 21.4 Å². The molecule has 1 aromatic heterocycles. The average Bonchev–Trinajstić information content (AvgIpc) is 3.22. The van der Waals surface area contributed by atoms with Gasteiger partial charge in [-0.05, 0) is 36.8 Å². The Bertz CT molecular complexity index is 1070. The van der Waals surface area contributed by atoms with Crippen molar-refractivity contribution in [1.29, 1.82) is 0 Å². The number of aryl methyl sites for hydroxylation is 1. The maximum absolute atomic E-state index is 12.6. The van der Waals surface area contributed by atoms with Crippen LogP contribution < -0.4 is 4.74 Å². The second-order valence-corrected chi connectivity index (χ2v) is 8.54. The molecule has 0 N–H and O–H groups in total. The molecule has 0 saturated carbocycles. The highest BCUT2D eigenvalue weighted by Gasteiger charge is 2.26. The van der Waals surface area contributed by atoms with Gasteiger partial charge in [0.1, 0.15) is 5.75 Å². The molecule has 2 heterocycles. The third-order valence-electron chi connectivity index (χ3n) is 4.65. The van der Waals surface area contributed by atoms with Crippen molar-refractivity contribution in [2.75, 3.05) is 26.3 Å². The summed E-state index contributed by atoms with van der Waals surface area (Å²) in [4.78, 5) is 4.59. The zero-order chi connectivity index (χ0) is 20.3. The first-order chi connectivity index (χ1) is 14.0. The molecule has 1 fully saturated rings. The van der Waals surface area contributed by atoms with E-state index in [2.05, 4.69) is 10.1 Å². The van der Waals surface area contributed by atoms with Gasteiger partial charge in [0, 0.05) is 18.7 Å². The zero-order valence-electron chi connectivity index (χ0n) is 15.9. The molecule has 0 amide bonds. The molecule has 8 nitrogen and oxygen atoms in total. The minimum Gasteiger partial charge on any atom is -0.484 e. The molecule has 2 aromatic carbocycles. The molecular weight excluding hydrogens is 394 g/mol. The lowest BCUT2D eigenvalue weighted by molar-refractivity contribution is 0.0730. The van der Waals surface area contributed by atoms with Crippen LogP contribution in [0.15, 0.2) is 57.9 Å². The molecule has 1 saturated heterocycles. The van der Waals surface area contributed by atoms with E-state index in [-0.39, 0.29) is 11.5 Å². The van der Waals surface area contributed by atoms with Crippen molar-refractivity contribution >= 4 is 10.0 Å². The van der Waals surface area contributed by atoms with Crippen LogP contribution in [0.5, 0.6) is 5.75 Å². The number of rotatable bonds is 6. The van der Waals surface area contributed by atoms with Crippen LogP contribution in [0.25, 0.3) is 11.4 Å². The molecular formula is C20H21N3O5S. The van der Waals surface area contributed by atoms with Gasteiger partial charge < -0.3 is 14.0 Å². The molecule has 0 spiro atoms. The lowest BCUT2D eigenvalue weighted by Crippen LogP contribution is -2.40. The van der Waals surface area contributed by atoms with Crippen molar-refractivity contribution < 1.29 is 22.4 Å². The Morgan fingerprint density at radius 3 is 2.52 bits per heavy atom. The first-order valence-corrected chi connectivity index (χ1v) is 10.7. The average molecular weight is 415 g/mol. The van der Waals surface area contributed by atoms with E-state index in [1.807, 2.05) is 31.2 Å². The maximum Gasteiger partial charge on any atom is 0.264 e. The van der Waals surface area contributed by atoms with Crippen LogP contribution in [0.4, 0.5) is 0 Å². The molecule has 0 radical (unpaired) electrons. The summed E-state index contributed by atoms with van der Waals surface area (Å²) in [5.41, 5.74) is 1.96. The predicted molar refractivity (Wildman–Crippen MR) is 105 cm³/mol. The number of hydrogen-bond donors (Lipinski definition) is 0. The fraction of sp³-hybridized carbons (Fsp3) is 0.300. The zero-order valence-corrected chi connectivity index (χ0v) is 16.8. The molecule has 1 aliphatic heterocycles. The van der Waals surface area contributed by atoms with Crippen molar-refractivity contribution in [3.05, 3.63) is 60.0 Å². The van der Waals surface area contributed by atoms with Gasteiger partial charge in [-0.15, -0.1) is 0 Å². The third kappa shape index (κ3) is 4.31. The van der Waals surface area contributed by atoms with Crippen LogP contribution in [-0.4, -0.2) is 49.2 Å². The lowest BCUT2D eigenvalue weighted by atomic mass is 10.1. The summed E-state index contributed by atoms with van der Waals surface area (Å²) in [5.74, 6) is 1.36. The number of benzene rings is 2. The Balaban J connectivity index is 1.40. The Labute approximate surface area is 169 Å². The minimum absolute atomic E-state index is 0.0917. The highest BCUT2D eigenvalue weighted by molar-refractivity contribution is 7.89. The fourth-order valence-electron chi connectivity index (χ4n) is 3.04. The van der Waals surface area contributed by atoms with Gasteiger partial charge in [0.25, 0.3) is 5.89 Å². The molecule has 0 aliphatic carbocycles. The van der Waals surface area contributed by atoms with Crippen LogP contribution in [0, 0.1) is 6.92 Å². The summed E-state index contributed by atoms with van der Waals surface area (Å²) in [6.45, 7) is 3.62. The Hall–Kier alpha value is -2.75. The van der Waals surface area contributed by atoms with Crippen LogP contribution >= 0.6 is 0 Å². The van der Waals surface area contributed by atoms with E-state index in [9.17, 15) is 8.42 Å². The SMILES string of the molecule is Cc1ccccc1-c1noc(COc2ccc(S(=O)(=O)N3CCOCC3)cc2)n1. The topological polar surface area (TPSA) is 94.8 Å². The first kappa shape index (κ1) is 19.6. The molecule has 4 rings (SSSR count). The summed E-state index contributed by atoms with van der Waals surface area (Å²) in [5, 5.41) is 4.00. The third-order valence-corrected chi connectivity index (χ3v) is 6.56. The number of ether oxygens (including phenoxy) is 2. The number of aromatic nitrogens is 2. The first-order valence-electron chi connectivity index (χ1n) is 9.23. The van der Waals surface area contributed by atoms with Gasteiger partial charge in [0.2, 0.25) is 15.8 Å². The quantitative estimate of drug-likeness (QED) is 0.611. The van der Waals surface area contributed by atoms with Crippen molar-refractivity contribution in [2.45, 2.75) is 18.4 Å². The minimum atomic E-state index is -3.52. The smallest absolute Gasteiger partial charge is 0.264 e. The normalized spacial score (nSPS) is 15.3. The Kier molecular flexibility index (Phi) is 5.61. The summed E-state index contributed by atoms with van der Waals surface area (Å²) >= 11 is 0. The van der Waals surface area contributed by atoms with Crippen molar-refractivity contribution in [2.24, 2.45) is 0 Å². The standard InChI is InChI=1S/C20H21N3O5S/c1-15-4-2-3-5-18(15)20-21-19(28-22-20)14-27-16-6-8-17(9-7-16)29(24,25)23-10-12-26-13-11-23/h2-9H,10-14H2,1H3. The van der Waals surface area contributed by atoms with E-state index in [0.29, 0.717) is 43.8 Å². The van der Waals surface area contributed by atoms with E-state index >= 15 is 0 Å². The van der Waals surface area contributed by atoms with Crippen LogP contribution in [0.2, 0.25) is 0 Å². The molecule has 3 aromatic rings. The highest BCUT2D eigenvalue weighted by atomic mass is 32.2. The molecule has 29 heavy (non-hydrogen) atoms. The van der Waals surface area contributed by atoms with Gasteiger partial charge in [-0.3, -0.25) is 0 Å². The molecule has 1 aliphatic rings. The van der Waals surface area contributed by atoms with Crippen molar-refractivity contribution in [1.82, 2.24) is 14.4 Å². The van der Waals surface area contributed by atoms with E-state index in [1.165, 1.54) is 16.4 Å². The lowest BCUT2D eigenvalue weighted by Gasteiger charge is -2.26. The van der Waals surface area contributed by atoms with Gasteiger partial charge in [-0.1, -0.05) is 29.4 Å². The summed E-state index contributed by atoms with van der Waals surface area (Å²) in [6.07, 6.45) is 0. The second-order valence-electron chi connectivity index (χ2n) is 6.60. The monoisotopic (exact) mass is 415 g/mol. The molecule has 152 valence electrons. The maximum atomic E-state index is 12.6. The van der Waals surface area contributed by atoms with Gasteiger partial charge >= 0.3 is 0 Å². The van der Waals surface area contributed by atoms with Crippen LogP contribution in [0.1, 0.15) is 11.5 Å². The molecule has 9 heteroatoms. The summed E-state index contributed by atoms with van der Waals surface area (Å²) in [6, 6.07) is 14.1. The summed E-state index contributed by atoms with van der Waals surface area (Å²) < 4.78 is 42.8. The van der Waals surface area contributed by atoms with Gasteiger partial charge in [0.15, 0.2) is 6.61 Å². The largest absolute Gasteiger partial charge is 0.484 e. The van der Waals surface area contributed by atoms with E-state index in [1.54, 1.807) is 12.1 Å².